The van der Waals surface area contributed by atoms with Crippen molar-refractivity contribution < 1.29 is 8.42 Å². The van der Waals surface area contributed by atoms with Crippen molar-refractivity contribution in [1.29, 1.82) is 0 Å². The number of hydrogen-bond acceptors (Lipinski definition) is 4. The SMILES string of the molecule is CC1(NCc2ncc(Br)cc2Br)CCS(=O)(=O)C1. The highest BCUT2D eigenvalue weighted by atomic mass is 79.9. The van der Waals surface area contributed by atoms with Gasteiger partial charge in [0.15, 0.2) is 9.84 Å². The zero-order valence-corrected chi connectivity index (χ0v) is 13.9. The molecule has 0 aliphatic carbocycles. The fourth-order valence-corrected chi connectivity index (χ4v) is 5.27. The fraction of sp³-hybridized carbons (Fsp3) is 0.545. The maximum Gasteiger partial charge on any atom is 0.152 e. The number of nitrogens with one attached hydrogen (secondary N) is 1. The van der Waals surface area contributed by atoms with Gasteiger partial charge in [0.2, 0.25) is 0 Å². The van der Waals surface area contributed by atoms with E-state index in [1.807, 2.05) is 13.0 Å². The summed E-state index contributed by atoms with van der Waals surface area (Å²) in [7, 11) is -2.88. The van der Waals surface area contributed by atoms with Crippen LogP contribution in [0, 0.1) is 0 Å². The van der Waals surface area contributed by atoms with Crippen molar-refractivity contribution >= 4 is 41.7 Å². The first kappa shape index (κ1) is 14.4. The predicted molar refractivity (Wildman–Crippen MR) is 78.2 cm³/mol. The van der Waals surface area contributed by atoms with Crippen molar-refractivity contribution in [3.05, 3.63) is 26.9 Å². The van der Waals surface area contributed by atoms with Crippen LogP contribution in [-0.2, 0) is 16.4 Å². The second kappa shape index (κ2) is 5.19. The molecule has 1 aromatic rings. The van der Waals surface area contributed by atoms with Crippen molar-refractivity contribution in [3.63, 3.8) is 0 Å². The lowest BCUT2D eigenvalue weighted by Crippen LogP contribution is -2.43. The quantitative estimate of drug-likeness (QED) is 0.849. The average molecular weight is 398 g/mol. The van der Waals surface area contributed by atoms with Gasteiger partial charge in [-0.1, -0.05) is 0 Å². The average Bonchev–Trinajstić information content (AvgIpc) is 2.52. The molecule has 0 amide bonds. The second-order valence-corrected chi connectivity index (χ2v) is 8.79. The van der Waals surface area contributed by atoms with Gasteiger partial charge in [-0.3, -0.25) is 4.98 Å². The molecule has 100 valence electrons. The van der Waals surface area contributed by atoms with Gasteiger partial charge < -0.3 is 5.32 Å². The Morgan fingerprint density at radius 3 is 2.78 bits per heavy atom. The van der Waals surface area contributed by atoms with Crippen molar-refractivity contribution in [3.8, 4) is 0 Å². The summed E-state index contributed by atoms with van der Waals surface area (Å²) in [5.41, 5.74) is 0.538. The maximum absolute atomic E-state index is 11.5. The Hall–Kier alpha value is 0.0200. The summed E-state index contributed by atoms with van der Waals surface area (Å²) in [5.74, 6) is 0.472. The molecule has 0 radical (unpaired) electrons. The maximum atomic E-state index is 11.5. The van der Waals surface area contributed by atoms with E-state index in [1.165, 1.54) is 0 Å². The third kappa shape index (κ3) is 3.53. The third-order valence-corrected chi connectivity index (χ3v) is 6.09. The molecule has 1 unspecified atom stereocenters. The van der Waals surface area contributed by atoms with Gasteiger partial charge in [0.05, 0.1) is 17.2 Å². The summed E-state index contributed by atoms with van der Waals surface area (Å²) >= 11 is 6.79. The molecular formula is C11H14Br2N2O2S. The Morgan fingerprint density at radius 2 is 2.22 bits per heavy atom. The minimum absolute atomic E-state index is 0.203. The van der Waals surface area contributed by atoms with Crippen LogP contribution in [0.5, 0.6) is 0 Å². The Morgan fingerprint density at radius 1 is 1.50 bits per heavy atom. The van der Waals surface area contributed by atoms with Gasteiger partial charge in [0.1, 0.15) is 0 Å². The summed E-state index contributed by atoms with van der Waals surface area (Å²) in [6.45, 7) is 2.50. The monoisotopic (exact) mass is 396 g/mol. The van der Waals surface area contributed by atoms with Gasteiger partial charge >= 0.3 is 0 Å². The van der Waals surface area contributed by atoms with Gasteiger partial charge in [-0.2, -0.15) is 0 Å². The first-order valence-corrected chi connectivity index (χ1v) is 8.96. The first-order chi connectivity index (χ1) is 8.30. The van der Waals surface area contributed by atoms with Crippen molar-refractivity contribution in [1.82, 2.24) is 10.3 Å². The van der Waals surface area contributed by atoms with E-state index in [0.717, 1.165) is 14.6 Å². The number of hydrogen-bond donors (Lipinski definition) is 1. The van der Waals surface area contributed by atoms with E-state index in [1.54, 1.807) is 6.20 Å². The molecule has 0 aromatic carbocycles. The van der Waals surface area contributed by atoms with Crippen LogP contribution in [-0.4, -0.2) is 30.4 Å². The van der Waals surface area contributed by atoms with Gasteiger partial charge in [-0.25, -0.2) is 8.42 Å². The molecule has 18 heavy (non-hydrogen) atoms. The summed E-state index contributed by atoms with van der Waals surface area (Å²) in [4.78, 5) is 4.30. The zero-order chi connectivity index (χ0) is 13.4. The van der Waals surface area contributed by atoms with Gasteiger partial charge in [-0.05, 0) is 51.3 Å². The van der Waals surface area contributed by atoms with Gasteiger partial charge in [-0.15, -0.1) is 0 Å². The van der Waals surface area contributed by atoms with Crippen molar-refractivity contribution in [2.24, 2.45) is 0 Å². The molecule has 1 saturated heterocycles. The Bertz CT molecular complexity index is 562. The topological polar surface area (TPSA) is 59.1 Å². The van der Waals surface area contributed by atoms with E-state index < -0.39 is 9.84 Å². The van der Waals surface area contributed by atoms with Crippen LogP contribution in [0.1, 0.15) is 19.0 Å². The Labute approximate surface area is 124 Å². The summed E-state index contributed by atoms with van der Waals surface area (Å²) < 4.78 is 24.8. The van der Waals surface area contributed by atoms with Crippen LogP contribution in [0.3, 0.4) is 0 Å². The van der Waals surface area contributed by atoms with Crippen molar-refractivity contribution in [2.45, 2.75) is 25.4 Å². The molecule has 4 nitrogen and oxygen atoms in total. The highest BCUT2D eigenvalue weighted by Crippen LogP contribution is 2.25. The molecule has 7 heteroatoms. The molecule has 2 heterocycles. The predicted octanol–water partition coefficient (Wildman–Crippen LogP) is 2.27. The lowest BCUT2D eigenvalue weighted by Gasteiger charge is -2.24. The van der Waals surface area contributed by atoms with Gasteiger partial charge in [0, 0.05) is 27.2 Å². The lowest BCUT2D eigenvalue weighted by atomic mass is 10.0. The summed E-state index contributed by atoms with van der Waals surface area (Å²) in [6, 6.07) is 1.93. The van der Waals surface area contributed by atoms with E-state index >= 15 is 0 Å². The zero-order valence-electron chi connectivity index (χ0n) is 9.91. The molecule has 1 N–H and O–H groups in total. The minimum Gasteiger partial charge on any atom is -0.305 e. The molecule has 1 atom stereocenters. The number of halogens is 2. The highest BCUT2D eigenvalue weighted by molar-refractivity contribution is 9.11. The van der Waals surface area contributed by atoms with Crippen LogP contribution in [0.4, 0.5) is 0 Å². The number of rotatable bonds is 3. The van der Waals surface area contributed by atoms with E-state index in [9.17, 15) is 8.42 Å². The molecule has 0 spiro atoms. The molecular weight excluding hydrogens is 384 g/mol. The molecule has 2 rings (SSSR count). The molecule has 1 aromatic heterocycles. The minimum atomic E-state index is -2.88. The number of aromatic nitrogens is 1. The molecule has 0 saturated carbocycles. The molecule has 1 fully saturated rings. The lowest BCUT2D eigenvalue weighted by molar-refractivity contribution is 0.392. The second-order valence-electron chi connectivity index (χ2n) is 4.84. The number of pyridine rings is 1. The van der Waals surface area contributed by atoms with E-state index in [0.29, 0.717) is 13.0 Å². The van der Waals surface area contributed by atoms with Gasteiger partial charge in [0.25, 0.3) is 0 Å². The number of nitrogens with zero attached hydrogens (tertiary/aromatic N) is 1. The Kier molecular flexibility index (Phi) is 4.16. The van der Waals surface area contributed by atoms with Crippen LogP contribution < -0.4 is 5.32 Å². The molecule has 1 aliphatic heterocycles. The fourth-order valence-electron chi connectivity index (χ4n) is 2.02. The van der Waals surface area contributed by atoms with Crippen molar-refractivity contribution in [2.75, 3.05) is 11.5 Å². The van der Waals surface area contributed by atoms with E-state index in [-0.39, 0.29) is 17.0 Å². The molecule has 0 bridgehead atoms. The van der Waals surface area contributed by atoms with Crippen LogP contribution >= 0.6 is 31.9 Å². The first-order valence-electron chi connectivity index (χ1n) is 5.55. The largest absolute Gasteiger partial charge is 0.305 e. The number of sulfone groups is 1. The summed E-state index contributed by atoms with van der Waals surface area (Å²) in [5, 5.41) is 3.30. The standard InChI is InChI=1S/C11H14Br2N2O2S/c1-11(2-3-18(16,17)7-11)15-6-10-9(13)4-8(12)5-14-10/h4-5,15H,2-3,6-7H2,1H3. The highest BCUT2D eigenvalue weighted by Gasteiger charge is 2.37. The van der Waals surface area contributed by atoms with Crippen LogP contribution in [0.15, 0.2) is 21.2 Å². The van der Waals surface area contributed by atoms with Crippen LogP contribution in [0.25, 0.3) is 0 Å². The normalized spacial score (nSPS) is 26.4. The Balaban J connectivity index is 2.04. The van der Waals surface area contributed by atoms with E-state index in [4.69, 9.17) is 0 Å². The van der Waals surface area contributed by atoms with E-state index in [2.05, 4.69) is 42.2 Å². The third-order valence-electron chi connectivity index (χ3n) is 3.07. The molecule has 1 aliphatic rings. The van der Waals surface area contributed by atoms with Crippen LogP contribution in [0.2, 0.25) is 0 Å². The summed E-state index contributed by atoms with van der Waals surface area (Å²) in [6.07, 6.45) is 2.39. The smallest absolute Gasteiger partial charge is 0.152 e.